The molecule has 0 saturated carbocycles. The Morgan fingerprint density at radius 3 is 2.59 bits per heavy atom. The summed E-state index contributed by atoms with van der Waals surface area (Å²) in [4.78, 5) is 24.9. The number of amides is 2. The van der Waals surface area contributed by atoms with Crippen molar-refractivity contribution in [3.05, 3.63) is 67.9 Å². The summed E-state index contributed by atoms with van der Waals surface area (Å²) < 4.78 is 29.0. The number of hydrogen-bond donors (Lipinski definition) is 2. The maximum absolute atomic E-state index is 13.9. The van der Waals surface area contributed by atoms with Gasteiger partial charge in [0.1, 0.15) is 5.82 Å². The lowest BCUT2D eigenvalue weighted by Crippen LogP contribution is -2.29. The van der Waals surface area contributed by atoms with Crippen LogP contribution in [0.4, 0.5) is 14.5 Å². The van der Waals surface area contributed by atoms with Crippen molar-refractivity contribution in [2.24, 2.45) is 0 Å². The second-order valence-electron chi connectivity index (χ2n) is 6.99. The molecule has 0 aliphatic carbocycles. The zero-order valence-corrected chi connectivity index (χ0v) is 21.7. The molecule has 1 heterocycles. The van der Waals surface area contributed by atoms with E-state index < -0.39 is 29.5 Å². The van der Waals surface area contributed by atoms with E-state index in [4.69, 9.17) is 23.2 Å². The van der Waals surface area contributed by atoms with Crippen LogP contribution in [-0.4, -0.2) is 32.3 Å². The third-order valence-electron chi connectivity index (χ3n) is 4.58. The summed E-state index contributed by atoms with van der Waals surface area (Å²) in [6.07, 6.45) is 0. The first kappa shape index (κ1) is 26.4. The molecule has 3 aromatic rings. The molecule has 0 saturated heterocycles. The number of hydrogen-bond acceptors (Lipinski definition) is 5. The van der Waals surface area contributed by atoms with E-state index in [0.29, 0.717) is 28.6 Å². The third kappa shape index (κ3) is 6.26. The largest absolute Gasteiger partial charge is 0.342 e. The van der Waals surface area contributed by atoms with E-state index in [1.165, 1.54) is 12.1 Å². The molecule has 34 heavy (non-hydrogen) atoms. The number of halogens is 5. The Morgan fingerprint density at radius 2 is 1.94 bits per heavy atom. The molecule has 0 unspecified atom stereocenters. The second kappa shape index (κ2) is 11.5. The summed E-state index contributed by atoms with van der Waals surface area (Å²) in [5.74, 6) is -2.18. The van der Waals surface area contributed by atoms with Crippen molar-refractivity contribution >= 4 is 68.4 Å². The Kier molecular flexibility index (Phi) is 8.91. The summed E-state index contributed by atoms with van der Waals surface area (Å²) in [6.45, 7) is 4.09. The van der Waals surface area contributed by atoms with Gasteiger partial charge in [-0.05, 0) is 54.0 Å². The first-order chi connectivity index (χ1) is 16.1. The Balaban J connectivity index is 1.66. The Hall–Kier alpha value is -2.21. The van der Waals surface area contributed by atoms with E-state index in [1.54, 1.807) is 17.6 Å². The standard InChI is InChI=1S/C21H18BrCl2F2N5O2S/c1-3-31-19(10(2)27-20(33)13-5-4-11(23)6-15(13)24)29-30-21(31)34-9-17(32)28-18-14(22)7-12(25)8-16(18)26/h4-8,10H,3,9H2,1-2H3,(H,27,33)(H,28,32)/t10-/m0/s1. The fraction of sp³-hybridized carbons (Fsp3) is 0.238. The molecule has 2 N–H and O–H groups in total. The van der Waals surface area contributed by atoms with Crippen LogP contribution in [0.15, 0.2) is 40.0 Å². The summed E-state index contributed by atoms with van der Waals surface area (Å²) in [6, 6.07) is 5.79. The number of rotatable bonds is 8. The molecule has 3 rings (SSSR count). The number of anilines is 1. The van der Waals surface area contributed by atoms with Crippen LogP contribution in [0.5, 0.6) is 0 Å². The van der Waals surface area contributed by atoms with Gasteiger partial charge < -0.3 is 15.2 Å². The van der Waals surface area contributed by atoms with Crippen LogP contribution in [0, 0.1) is 11.6 Å². The number of carbonyl (C=O) groups excluding carboxylic acids is 2. The van der Waals surface area contributed by atoms with Crippen LogP contribution in [0.25, 0.3) is 0 Å². The van der Waals surface area contributed by atoms with Crippen molar-refractivity contribution < 1.29 is 18.4 Å². The molecule has 0 radical (unpaired) electrons. The highest BCUT2D eigenvalue weighted by molar-refractivity contribution is 9.10. The van der Waals surface area contributed by atoms with E-state index in [9.17, 15) is 18.4 Å². The molecule has 0 aliphatic heterocycles. The maximum Gasteiger partial charge on any atom is 0.253 e. The summed E-state index contributed by atoms with van der Waals surface area (Å²) in [5.41, 5.74) is 0.118. The molecule has 1 aromatic heterocycles. The molecule has 0 bridgehead atoms. The first-order valence-corrected chi connectivity index (χ1v) is 12.4. The summed E-state index contributed by atoms with van der Waals surface area (Å²) in [7, 11) is 0. The second-order valence-corrected chi connectivity index (χ2v) is 9.63. The molecule has 0 fully saturated rings. The smallest absolute Gasteiger partial charge is 0.253 e. The summed E-state index contributed by atoms with van der Waals surface area (Å²) in [5, 5.41) is 14.6. The zero-order valence-electron chi connectivity index (χ0n) is 17.8. The first-order valence-electron chi connectivity index (χ1n) is 9.86. The number of aromatic nitrogens is 3. The van der Waals surface area contributed by atoms with Crippen molar-refractivity contribution in [2.75, 3.05) is 11.1 Å². The average Bonchev–Trinajstić information content (AvgIpc) is 3.17. The van der Waals surface area contributed by atoms with Crippen LogP contribution in [0.3, 0.4) is 0 Å². The predicted octanol–water partition coefficient (Wildman–Crippen LogP) is 5.87. The molecular weight excluding hydrogens is 575 g/mol. The molecule has 2 aromatic carbocycles. The van der Waals surface area contributed by atoms with Crippen molar-refractivity contribution in [1.29, 1.82) is 0 Å². The van der Waals surface area contributed by atoms with Gasteiger partial charge >= 0.3 is 0 Å². The van der Waals surface area contributed by atoms with Crippen LogP contribution >= 0.6 is 50.9 Å². The minimum absolute atomic E-state index is 0.0905. The van der Waals surface area contributed by atoms with E-state index >= 15 is 0 Å². The highest BCUT2D eigenvalue weighted by Gasteiger charge is 2.21. The number of nitrogens with one attached hydrogen (secondary N) is 2. The lowest BCUT2D eigenvalue weighted by atomic mass is 10.2. The number of nitrogens with zero attached hydrogens (tertiary/aromatic N) is 3. The fourth-order valence-electron chi connectivity index (χ4n) is 3.00. The van der Waals surface area contributed by atoms with E-state index in [2.05, 4.69) is 36.8 Å². The highest BCUT2D eigenvalue weighted by atomic mass is 79.9. The van der Waals surface area contributed by atoms with Gasteiger partial charge in [-0.15, -0.1) is 10.2 Å². The minimum atomic E-state index is -0.894. The molecule has 7 nitrogen and oxygen atoms in total. The summed E-state index contributed by atoms with van der Waals surface area (Å²) >= 11 is 16.1. The van der Waals surface area contributed by atoms with Gasteiger partial charge in [0.05, 0.1) is 28.1 Å². The van der Waals surface area contributed by atoms with Crippen LogP contribution < -0.4 is 10.6 Å². The number of thioether (sulfide) groups is 1. The molecule has 0 aliphatic rings. The number of benzene rings is 2. The maximum atomic E-state index is 13.9. The SMILES string of the molecule is CCn1c(SCC(=O)Nc2c(F)cc(F)cc2Br)nnc1[C@H](C)NC(=O)c1ccc(Cl)cc1Cl. The van der Waals surface area contributed by atoms with Gasteiger partial charge in [0.2, 0.25) is 5.91 Å². The number of carbonyl (C=O) groups is 2. The Labute approximate surface area is 216 Å². The quantitative estimate of drug-likeness (QED) is 0.320. The predicted molar refractivity (Wildman–Crippen MR) is 131 cm³/mol. The van der Waals surface area contributed by atoms with Crippen LogP contribution in [0.2, 0.25) is 10.0 Å². The van der Waals surface area contributed by atoms with Crippen molar-refractivity contribution in [1.82, 2.24) is 20.1 Å². The van der Waals surface area contributed by atoms with Gasteiger partial charge in [-0.2, -0.15) is 0 Å². The molecule has 180 valence electrons. The molecule has 1 atom stereocenters. The lowest BCUT2D eigenvalue weighted by Gasteiger charge is -2.15. The van der Waals surface area contributed by atoms with Gasteiger partial charge in [0.25, 0.3) is 5.91 Å². The van der Waals surface area contributed by atoms with Crippen LogP contribution in [0.1, 0.15) is 36.1 Å². The molecular formula is C21H18BrCl2F2N5O2S. The molecule has 2 amide bonds. The fourth-order valence-corrected chi connectivity index (χ4v) is 4.82. The van der Waals surface area contributed by atoms with Gasteiger partial charge in [-0.25, -0.2) is 8.78 Å². The van der Waals surface area contributed by atoms with Gasteiger partial charge in [0.15, 0.2) is 16.8 Å². The Bertz CT molecular complexity index is 1220. The van der Waals surface area contributed by atoms with Gasteiger partial charge in [-0.1, -0.05) is 35.0 Å². The minimum Gasteiger partial charge on any atom is -0.342 e. The van der Waals surface area contributed by atoms with E-state index in [1.807, 2.05) is 6.92 Å². The lowest BCUT2D eigenvalue weighted by molar-refractivity contribution is -0.113. The van der Waals surface area contributed by atoms with Gasteiger partial charge in [-0.3, -0.25) is 9.59 Å². The monoisotopic (exact) mass is 591 g/mol. The zero-order chi connectivity index (χ0) is 25.0. The topological polar surface area (TPSA) is 88.9 Å². The average molecular weight is 593 g/mol. The van der Waals surface area contributed by atoms with Crippen molar-refractivity contribution in [2.45, 2.75) is 31.6 Å². The normalized spacial score (nSPS) is 11.9. The van der Waals surface area contributed by atoms with Crippen LogP contribution in [-0.2, 0) is 11.3 Å². The van der Waals surface area contributed by atoms with Crippen molar-refractivity contribution in [3.8, 4) is 0 Å². The van der Waals surface area contributed by atoms with Crippen molar-refractivity contribution in [3.63, 3.8) is 0 Å². The van der Waals surface area contributed by atoms with E-state index in [0.717, 1.165) is 17.8 Å². The Morgan fingerprint density at radius 1 is 1.21 bits per heavy atom. The van der Waals surface area contributed by atoms with E-state index in [-0.39, 0.29) is 26.5 Å². The van der Waals surface area contributed by atoms with Gasteiger partial charge in [0, 0.05) is 22.1 Å². The molecule has 13 heteroatoms. The third-order valence-corrected chi connectivity index (χ3v) is 6.72. The molecule has 0 spiro atoms. The highest BCUT2D eigenvalue weighted by Crippen LogP contribution is 2.28.